The van der Waals surface area contributed by atoms with Gasteiger partial charge in [0.05, 0.1) is 0 Å². The van der Waals surface area contributed by atoms with Crippen molar-refractivity contribution in [2.75, 3.05) is 45.8 Å². The van der Waals surface area contributed by atoms with Gasteiger partial charge in [0.1, 0.15) is 0 Å². The first-order valence-electron chi connectivity index (χ1n) is 5.92. The summed E-state index contributed by atoms with van der Waals surface area (Å²) >= 11 is 0. The zero-order valence-corrected chi connectivity index (χ0v) is 10.3. The maximum absolute atomic E-state index is 10.5. The Morgan fingerprint density at radius 1 is 0.882 bits per heavy atom. The molecule has 1 aliphatic rings. The van der Waals surface area contributed by atoms with Gasteiger partial charge in [-0.2, -0.15) is 0 Å². The normalized spacial score (nSPS) is 21.0. The Bertz CT molecular complexity index is 217. The molecule has 0 spiro atoms. The molecule has 2 N–H and O–H groups in total. The molecule has 0 aromatic rings. The summed E-state index contributed by atoms with van der Waals surface area (Å²) in [6.07, 6.45) is 1.37. The van der Waals surface area contributed by atoms with E-state index in [0.29, 0.717) is 25.9 Å². The minimum Gasteiger partial charge on any atom is -0.301 e. The van der Waals surface area contributed by atoms with E-state index in [1.807, 2.05) is 10.0 Å². The van der Waals surface area contributed by atoms with E-state index in [-0.39, 0.29) is 0 Å². The van der Waals surface area contributed by atoms with Crippen molar-refractivity contribution in [3.05, 3.63) is 0 Å². The van der Waals surface area contributed by atoms with Gasteiger partial charge in [-0.15, -0.1) is 0 Å². The highest BCUT2D eigenvalue weighted by Crippen LogP contribution is 1.96. The molecule has 1 rings (SSSR count). The van der Waals surface area contributed by atoms with Crippen molar-refractivity contribution in [3.63, 3.8) is 0 Å². The molecule has 7 nitrogen and oxygen atoms in total. The van der Waals surface area contributed by atoms with Crippen molar-refractivity contribution in [1.29, 1.82) is 0 Å². The lowest BCUT2D eigenvalue weighted by Gasteiger charge is -2.23. The molecule has 17 heavy (non-hydrogen) atoms. The monoisotopic (exact) mass is 243 g/mol. The van der Waals surface area contributed by atoms with E-state index in [0.717, 1.165) is 32.7 Å². The van der Waals surface area contributed by atoms with Crippen LogP contribution in [0.4, 0.5) is 0 Å². The maximum Gasteiger partial charge on any atom is 0.221 e. The smallest absolute Gasteiger partial charge is 0.221 e. The molecule has 0 unspecified atom stereocenters. The third-order valence-electron chi connectivity index (χ3n) is 2.93. The van der Waals surface area contributed by atoms with Gasteiger partial charge in [0.15, 0.2) is 0 Å². The summed E-state index contributed by atoms with van der Waals surface area (Å²) in [7, 11) is 0. The van der Waals surface area contributed by atoms with Crippen LogP contribution in [0.2, 0.25) is 0 Å². The van der Waals surface area contributed by atoms with Gasteiger partial charge in [-0.3, -0.25) is 20.4 Å². The number of carbonyl (C=O) groups excluding carboxylic acids is 2. The van der Waals surface area contributed by atoms with Crippen LogP contribution >= 0.6 is 0 Å². The van der Waals surface area contributed by atoms with Gasteiger partial charge in [0.25, 0.3) is 0 Å². The van der Waals surface area contributed by atoms with Crippen molar-refractivity contribution in [3.8, 4) is 0 Å². The number of hydrazine groups is 2. The lowest BCUT2D eigenvalue weighted by molar-refractivity contribution is -0.115. The highest BCUT2D eigenvalue weighted by Gasteiger charge is 2.14. The molecule has 0 aromatic heterocycles. The Morgan fingerprint density at radius 3 is 1.65 bits per heavy atom. The Balaban J connectivity index is 2.54. The van der Waals surface area contributed by atoms with Gasteiger partial charge in [-0.25, -0.2) is 10.0 Å². The van der Waals surface area contributed by atoms with Crippen LogP contribution in [0.3, 0.4) is 0 Å². The molecule has 1 heterocycles. The van der Waals surface area contributed by atoms with E-state index in [1.54, 1.807) is 0 Å². The third kappa shape index (κ3) is 5.12. The van der Waals surface area contributed by atoms with Crippen molar-refractivity contribution in [1.82, 2.24) is 25.8 Å². The number of hydrogen-bond acceptors (Lipinski definition) is 5. The second kappa shape index (κ2) is 7.99. The van der Waals surface area contributed by atoms with Crippen LogP contribution in [-0.4, -0.2) is 73.6 Å². The number of amides is 2. The fraction of sp³-hybridized carbons (Fsp3) is 0.800. The first-order chi connectivity index (χ1) is 8.30. The topological polar surface area (TPSA) is 67.9 Å². The molecular weight excluding hydrogens is 222 g/mol. The number of carbonyl (C=O) groups is 2. The quantitative estimate of drug-likeness (QED) is 0.560. The lowest BCUT2D eigenvalue weighted by atomic mass is 10.4. The highest BCUT2D eigenvalue weighted by molar-refractivity contribution is 5.45. The van der Waals surface area contributed by atoms with Crippen LogP contribution in [0.5, 0.6) is 0 Å². The molecule has 1 saturated heterocycles. The summed E-state index contributed by atoms with van der Waals surface area (Å²) in [6.45, 7) is 7.85. The minimum atomic E-state index is 0.686. The van der Waals surface area contributed by atoms with Gasteiger partial charge >= 0.3 is 0 Å². The van der Waals surface area contributed by atoms with Crippen molar-refractivity contribution in [2.24, 2.45) is 0 Å². The molecule has 0 atom stereocenters. The van der Waals surface area contributed by atoms with Crippen molar-refractivity contribution >= 4 is 12.8 Å². The van der Waals surface area contributed by atoms with E-state index in [9.17, 15) is 9.59 Å². The molecule has 0 aliphatic carbocycles. The first kappa shape index (κ1) is 13.9. The fourth-order valence-corrected chi connectivity index (χ4v) is 1.82. The molecule has 0 saturated carbocycles. The second-order valence-electron chi connectivity index (χ2n) is 3.90. The summed E-state index contributed by atoms with van der Waals surface area (Å²) in [4.78, 5) is 23.2. The van der Waals surface area contributed by atoms with Crippen molar-refractivity contribution < 1.29 is 9.59 Å². The number of nitrogens with zero attached hydrogens (tertiary/aromatic N) is 3. The molecule has 2 amide bonds. The van der Waals surface area contributed by atoms with Gasteiger partial charge < -0.3 is 4.90 Å². The van der Waals surface area contributed by atoms with Crippen LogP contribution in [0.25, 0.3) is 0 Å². The zero-order valence-electron chi connectivity index (χ0n) is 10.3. The lowest BCUT2D eigenvalue weighted by Crippen LogP contribution is -2.46. The largest absolute Gasteiger partial charge is 0.301 e. The standard InChI is InChI=1S/C10H21N5O2/c1-2-13-3-5-14(11-9-16)7-8-15(6-4-13)12-10-17/h9-10H,2-8H2,1H3,(H,11,16)(H,12,17). The average molecular weight is 243 g/mol. The molecule has 7 heteroatoms. The number of rotatable bonds is 5. The number of hydrogen-bond donors (Lipinski definition) is 2. The minimum absolute atomic E-state index is 0.686. The second-order valence-corrected chi connectivity index (χ2v) is 3.90. The van der Waals surface area contributed by atoms with Gasteiger partial charge in [0, 0.05) is 39.3 Å². The van der Waals surface area contributed by atoms with E-state index < -0.39 is 0 Å². The summed E-state index contributed by atoms with van der Waals surface area (Å²) in [5, 5.41) is 3.72. The molecule has 0 radical (unpaired) electrons. The van der Waals surface area contributed by atoms with Crippen LogP contribution in [0.15, 0.2) is 0 Å². The van der Waals surface area contributed by atoms with Gasteiger partial charge in [-0.1, -0.05) is 6.92 Å². The Labute approximate surface area is 102 Å². The van der Waals surface area contributed by atoms with E-state index >= 15 is 0 Å². The summed E-state index contributed by atoms with van der Waals surface area (Å²) in [5.41, 5.74) is 5.34. The molecule has 98 valence electrons. The van der Waals surface area contributed by atoms with Crippen LogP contribution in [-0.2, 0) is 9.59 Å². The molecule has 1 fully saturated rings. The van der Waals surface area contributed by atoms with Crippen LogP contribution < -0.4 is 10.9 Å². The molecular formula is C10H21N5O2. The Hall–Kier alpha value is -1.18. The summed E-state index contributed by atoms with van der Waals surface area (Å²) in [6, 6.07) is 0. The summed E-state index contributed by atoms with van der Waals surface area (Å²) in [5.74, 6) is 0. The Morgan fingerprint density at radius 2 is 1.29 bits per heavy atom. The third-order valence-corrected chi connectivity index (χ3v) is 2.93. The van der Waals surface area contributed by atoms with E-state index in [4.69, 9.17) is 0 Å². The van der Waals surface area contributed by atoms with E-state index in [2.05, 4.69) is 22.7 Å². The highest BCUT2D eigenvalue weighted by atomic mass is 16.1. The Kier molecular flexibility index (Phi) is 6.53. The molecule has 0 bridgehead atoms. The predicted molar refractivity (Wildman–Crippen MR) is 63.7 cm³/mol. The fourth-order valence-electron chi connectivity index (χ4n) is 1.82. The maximum atomic E-state index is 10.5. The summed E-state index contributed by atoms with van der Waals surface area (Å²) < 4.78 is 0. The van der Waals surface area contributed by atoms with Crippen LogP contribution in [0, 0.1) is 0 Å². The van der Waals surface area contributed by atoms with Gasteiger partial charge in [-0.05, 0) is 6.54 Å². The predicted octanol–water partition coefficient (Wildman–Crippen LogP) is -1.75. The molecule has 0 aromatic carbocycles. The average Bonchev–Trinajstić information content (AvgIpc) is 2.43. The van der Waals surface area contributed by atoms with Crippen molar-refractivity contribution in [2.45, 2.75) is 6.92 Å². The zero-order chi connectivity index (χ0) is 12.5. The van der Waals surface area contributed by atoms with E-state index in [1.165, 1.54) is 0 Å². The van der Waals surface area contributed by atoms with Crippen LogP contribution in [0.1, 0.15) is 6.92 Å². The number of nitrogens with one attached hydrogen (secondary N) is 2. The van der Waals surface area contributed by atoms with Gasteiger partial charge in [0.2, 0.25) is 12.8 Å². The first-order valence-corrected chi connectivity index (χ1v) is 5.92. The SMILES string of the molecule is CCN1CCN(NC=O)CCN(NC=O)CC1. The molecule has 1 aliphatic heterocycles. The number of likely N-dealkylation sites (N-methyl/N-ethyl adjacent to an activating group) is 1.